The summed E-state index contributed by atoms with van der Waals surface area (Å²) in [6, 6.07) is 4.40. The number of nitrogens with one attached hydrogen (secondary N) is 1. The zero-order valence-corrected chi connectivity index (χ0v) is 10.3. The summed E-state index contributed by atoms with van der Waals surface area (Å²) < 4.78 is 37.6. The van der Waals surface area contributed by atoms with Gasteiger partial charge in [-0.3, -0.25) is 4.79 Å². The molecule has 2 N–H and O–H groups in total. The van der Waals surface area contributed by atoms with Gasteiger partial charge in [0.2, 0.25) is 0 Å². The van der Waals surface area contributed by atoms with Crippen LogP contribution in [0.2, 0.25) is 0 Å². The van der Waals surface area contributed by atoms with E-state index in [2.05, 4.69) is 5.32 Å². The topological polar surface area (TPSA) is 49.3 Å². The van der Waals surface area contributed by atoms with Crippen LogP contribution in [0.15, 0.2) is 48.1 Å². The standard InChI is InChI=1S/C14H12F3NO2/c15-14(16,17)10-4-2-5-11(8-10)18-13(20)9-3-1-6-12(19)7-9/h1-6,8,12,19H,7H2,(H,18,20). The van der Waals surface area contributed by atoms with E-state index in [0.29, 0.717) is 5.57 Å². The van der Waals surface area contributed by atoms with Crippen LogP contribution in [0.3, 0.4) is 0 Å². The summed E-state index contributed by atoms with van der Waals surface area (Å²) >= 11 is 0. The second-order valence-electron chi connectivity index (χ2n) is 4.38. The molecule has 1 unspecified atom stereocenters. The average Bonchev–Trinajstić information content (AvgIpc) is 2.38. The molecule has 0 aliphatic heterocycles. The van der Waals surface area contributed by atoms with Crippen molar-refractivity contribution in [3.63, 3.8) is 0 Å². The summed E-state index contributed by atoms with van der Waals surface area (Å²) in [6.07, 6.45) is -0.473. The maximum Gasteiger partial charge on any atom is 0.416 e. The van der Waals surface area contributed by atoms with Crippen molar-refractivity contribution in [2.45, 2.75) is 18.7 Å². The van der Waals surface area contributed by atoms with E-state index in [0.717, 1.165) is 12.1 Å². The summed E-state index contributed by atoms with van der Waals surface area (Å²) in [5.41, 5.74) is -0.444. The molecule has 3 nitrogen and oxygen atoms in total. The van der Waals surface area contributed by atoms with Gasteiger partial charge in [-0.25, -0.2) is 0 Å². The lowest BCUT2D eigenvalue weighted by molar-refractivity contribution is -0.137. The van der Waals surface area contributed by atoms with Crippen molar-refractivity contribution in [1.29, 1.82) is 0 Å². The highest BCUT2D eigenvalue weighted by Crippen LogP contribution is 2.30. The van der Waals surface area contributed by atoms with Gasteiger partial charge in [0, 0.05) is 17.7 Å². The van der Waals surface area contributed by atoms with Crippen LogP contribution >= 0.6 is 0 Å². The number of carbonyl (C=O) groups excluding carboxylic acids is 1. The molecule has 0 fully saturated rings. The Morgan fingerprint density at radius 2 is 2.10 bits per heavy atom. The molecule has 20 heavy (non-hydrogen) atoms. The third kappa shape index (κ3) is 3.48. The summed E-state index contributed by atoms with van der Waals surface area (Å²) in [6.45, 7) is 0. The Balaban J connectivity index is 2.12. The van der Waals surface area contributed by atoms with Crippen LogP contribution in [0.1, 0.15) is 12.0 Å². The summed E-state index contributed by atoms with van der Waals surface area (Å²) in [5, 5.41) is 11.8. The van der Waals surface area contributed by atoms with Crippen molar-refractivity contribution in [2.24, 2.45) is 0 Å². The quantitative estimate of drug-likeness (QED) is 0.876. The number of amides is 1. The first-order chi connectivity index (χ1) is 9.36. The number of hydrogen-bond acceptors (Lipinski definition) is 2. The number of allylic oxidation sites excluding steroid dienone is 2. The normalized spacial score (nSPS) is 18.6. The third-order valence-electron chi connectivity index (χ3n) is 2.80. The number of benzene rings is 1. The number of anilines is 1. The van der Waals surface area contributed by atoms with Gasteiger partial charge >= 0.3 is 6.18 Å². The van der Waals surface area contributed by atoms with Crippen molar-refractivity contribution in [2.75, 3.05) is 5.32 Å². The number of carbonyl (C=O) groups is 1. The van der Waals surface area contributed by atoms with E-state index in [-0.39, 0.29) is 12.1 Å². The second kappa shape index (κ2) is 5.50. The fourth-order valence-corrected chi connectivity index (χ4v) is 1.81. The first-order valence-corrected chi connectivity index (χ1v) is 5.90. The highest BCUT2D eigenvalue weighted by Gasteiger charge is 2.30. The van der Waals surface area contributed by atoms with Gasteiger partial charge in [0.15, 0.2) is 0 Å². The minimum Gasteiger partial charge on any atom is -0.389 e. The van der Waals surface area contributed by atoms with Crippen molar-refractivity contribution >= 4 is 11.6 Å². The molecule has 106 valence electrons. The minimum atomic E-state index is -4.45. The number of halogens is 3. The molecule has 0 radical (unpaired) electrons. The van der Waals surface area contributed by atoms with E-state index >= 15 is 0 Å². The molecule has 2 rings (SSSR count). The Morgan fingerprint density at radius 1 is 1.35 bits per heavy atom. The number of alkyl halides is 3. The van der Waals surface area contributed by atoms with E-state index in [4.69, 9.17) is 0 Å². The highest BCUT2D eigenvalue weighted by atomic mass is 19.4. The summed E-state index contributed by atoms with van der Waals surface area (Å²) in [4.78, 5) is 11.9. The van der Waals surface area contributed by atoms with Gasteiger partial charge in [0.1, 0.15) is 0 Å². The van der Waals surface area contributed by atoms with E-state index < -0.39 is 23.8 Å². The van der Waals surface area contributed by atoms with E-state index in [1.165, 1.54) is 30.4 Å². The lowest BCUT2D eigenvalue weighted by Gasteiger charge is -2.14. The predicted octanol–water partition coefficient (Wildman–Crippen LogP) is 2.89. The molecule has 0 saturated heterocycles. The summed E-state index contributed by atoms with van der Waals surface area (Å²) in [5.74, 6) is -0.521. The monoisotopic (exact) mass is 283 g/mol. The molecule has 1 amide bonds. The van der Waals surface area contributed by atoms with E-state index in [9.17, 15) is 23.1 Å². The van der Waals surface area contributed by atoms with Gasteiger partial charge in [-0.2, -0.15) is 13.2 Å². The van der Waals surface area contributed by atoms with Crippen molar-refractivity contribution < 1.29 is 23.1 Å². The SMILES string of the molecule is O=C(Nc1cccc(C(F)(F)F)c1)C1=CC=CC(O)C1. The van der Waals surface area contributed by atoms with Crippen LogP contribution in [0.4, 0.5) is 18.9 Å². The minimum absolute atomic E-state index is 0.0646. The molecule has 1 aromatic rings. The fourth-order valence-electron chi connectivity index (χ4n) is 1.81. The molecular formula is C14H12F3NO2. The highest BCUT2D eigenvalue weighted by molar-refractivity contribution is 6.04. The van der Waals surface area contributed by atoms with Gasteiger partial charge in [-0.15, -0.1) is 0 Å². The Labute approximate surface area is 113 Å². The first kappa shape index (κ1) is 14.3. The molecule has 1 atom stereocenters. The maximum absolute atomic E-state index is 12.5. The fraction of sp³-hybridized carbons (Fsp3) is 0.214. The number of hydrogen-bond donors (Lipinski definition) is 2. The number of aliphatic hydroxyl groups is 1. The second-order valence-corrected chi connectivity index (χ2v) is 4.38. The first-order valence-electron chi connectivity index (χ1n) is 5.90. The largest absolute Gasteiger partial charge is 0.416 e. The van der Waals surface area contributed by atoms with Gasteiger partial charge < -0.3 is 10.4 Å². The Bertz CT molecular complexity index is 576. The number of aliphatic hydroxyl groups excluding tert-OH is 1. The summed E-state index contributed by atoms with van der Waals surface area (Å²) in [7, 11) is 0. The molecule has 0 aromatic heterocycles. The predicted molar refractivity (Wildman–Crippen MR) is 67.9 cm³/mol. The average molecular weight is 283 g/mol. The molecule has 0 spiro atoms. The van der Waals surface area contributed by atoms with Crippen molar-refractivity contribution in [3.05, 3.63) is 53.6 Å². The molecule has 6 heteroatoms. The van der Waals surface area contributed by atoms with Crippen LogP contribution in [0.25, 0.3) is 0 Å². The molecule has 0 heterocycles. The zero-order valence-electron chi connectivity index (χ0n) is 10.3. The van der Waals surface area contributed by atoms with Crippen LogP contribution in [0.5, 0.6) is 0 Å². The molecule has 0 bridgehead atoms. The maximum atomic E-state index is 12.5. The van der Waals surface area contributed by atoms with E-state index in [1.807, 2.05) is 0 Å². The third-order valence-corrected chi connectivity index (χ3v) is 2.80. The lowest BCUT2D eigenvalue weighted by Crippen LogP contribution is -2.19. The van der Waals surface area contributed by atoms with Gasteiger partial charge in [-0.1, -0.05) is 24.3 Å². The van der Waals surface area contributed by atoms with Crippen LogP contribution in [-0.2, 0) is 11.0 Å². The molecule has 1 aliphatic carbocycles. The smallest absolute Gasteiger partial charge is 0.389 e. The Morgan fingerprint density at radius 3 is 2.75 bits per heavy atom. The van der Waals surface area contributed by atoms with Gasteiger partial charge in [0.05, 0.1) is 11.7 Å². The van der Waals surface area contributed by atoms with Crippen LogP contribution < -0.4 is 5.32 Å². The Hall–Kier alpha value is -2.08. The molecule has 1 aliphatic rings. The molecular weight excluding hydrogens is 271 g/mol. The van der Waals surface area contributed by atoms with Crippen LogP contribution in [0, 0.1) is 0 Å². The Kier molecular flexibility index (Phi) is 3.94. The van der Waals surface area contributed by atoms with Crippen molar-refractivity contribution in [3.8, 4) is 0 Å². The van der Waals surface area contributed by atoms with E-state index in [1.54, 1.807) is 0 Å². The van der Waals surface area contributed by atoms with Crippen LogP contribution in [-0.4, -0.2) is 17.1 Å². The van der Waals surface area contributed by atoms with Gasteiger partial charge in [0.25, 0.3) is 5.91 Å². The zero-order chi connectivity index (χ0) is 14.8. The lowest BCUT2D eigenvalue weighted by atomic mass is 10.0. The molecule has 1 aromatic carbocycles. The van der Waals surface area contributed by atoms with Crippen molar-refractivity contribution in [1.82, 2.24) is 0 Å². The number of rotatable bonds is 2. The van der Waals surface area contributed by atoms with Gasteiger partial charge in [-0.05, 0) is 18.2 Å². The molecule has 0 saturated carbocycles.